The summed E-state index contributed by atoms with van der Waals surface area (Å²) < 4.78 is 113. The van der Waals surface area contributed by atoms with Crippen LogP contribution in [0.15, 0.2) is 23.2 Å². The molecule has 24 heavy (non-hydrogen) atoms. The van der Waals surface area contributed by atoms with E-state index in [1.165, 1.54) is 19.1 Å². The third-order valence-electron chi connectivity index (χ3n) is 3.00. The van der Waals surface area contributed by atoms with Crippen LogP contribution in [-0.2, 0) is 0 Å². The van der Waals surface area contributed by atoms with E-state index in [0.29, 0.717) is 6.21 Å². The summed E-state index contributed by atoms with van der Waals surface area (Å²) >= 11 is 0. The van der Waals surface area contributed by atoms with Crippen molar-refractivity contribution in [1.29, 1.82) is 0 Å². The van der Waals surface area contributed by atoms with Gasteiger partial charge in [-0.05, 0) is 18.6 Å². The Bertz CT molecular complexity index is 622. The molecule has 0 aromatic heterocycles. The van der Waals surface area contributed by atoms with Crippen molar-refractivity contribution in [3.05, 3.63) is 29.3 Å². The lowest BCUT2D eigenvalue weighted by Gasteiger charge is -2.32. The van der Waals surface area contributed by atoms with E-state index in [9.17, 15) is 44.6 Å². The molecule has 1 rings (SSSR count). The van der Waals surface area contributed by atoms with Crippen molar-refractivity contribution in [3.8, 4) is 5.75 Å². The van der Waals surface area contributed by atoms with Crippen molar-refractivity contribution in [1.82, 2.24) is 0 Å². The lowest BCUT2D eigenvalue weighted by Crippen LogP contribution is -2.61. The van der Waals surface area contributed by atoms with Gasteiger partial charge in [-0.3, -0.25) is 4.99 Å². The molecule has 1 aromatic rings. The molecule has 0 fully saturated rings. The van der Waals surface area contributed by atoms with Crippen LogP contribution in [0.3, 0.4) is 0 Å². The highest BCUT2D eigenvalue weighted by molar-refractivity contribution is 5.84. The molecule has 1 aromatic carbocycles. The summed E-state index contributed by atoms with van der Waals surface area (Å²) in [5.74, 6) is -19.9. The van der Waals surface area contributed by atoms with Gasteiger partial charge in [-0.1, -0.05) is 12.1 Å². The maximum atomic E-state index is 13.2. The van der Waals surface area contributed by atoms with Gasteiger partial charge in [0, 0.05) is 11.8 Å². The van der Waals surface area contributed by atoms with Crippen LogP contribution in [0, 0.1) is 6.92 Å². The molecule has 0 aliphatic heterocycles. The van der Waals surface area contributed by atoms with Gasteiger partial charge < -0.3 is 5.11 Å². The summed E-state index contributed by atoms with van der Waals surface area (Å²) in [6, 6.07) is 3.91. The maximum Gasteiger partial charge on any atom is 0.460 e. The molecular weight excluding hydrogens is 357 g/mol. The summed E-state index contributed by atoms with van der Waals surface area (Å²) in [5, 5.41) is 9.53. The number of para-hydroxylation sites is 1. The largest absolute Gasteiger partial charge is 0.507 e. The minimum atomic E-state index is -6.94. The first-order valence-electron chi connectivity index (χ1n) is 6.14. The van der Waals surface area contributed by atoms with Crippen LogP contribution < -0.4 is 0 Å². The Labute approximate surface area is 129 Å². The monoisotopic (exact) mass is 367 g/mol. The zero-order chi connectivity index (χ0) is 19.0. The quantitative estimate of drug-likeness (QED) is 0.599. The van der Waals surface area contributed by atoms with Gasteiger partial charge in [0.1, 0.15) is 12.3 Å². The number of benzene rings is 1. The molecule has 0 amide bonds. The van der Waals surface area contributed by atoms with E-state index in [4.69, 9.17) is 0 Å². The highest BCUT2D eigenvalue weighted by atomic mass is 19.4. The minimum absolute atomic E-state index is 0.198. The molecule has 0 heterocycles. The number of aryl methyl sites for hydroxylation is 1. The molecule has 136 valence electrons. The number of nitrogens with zero attached hydrogens (tertiary/aromatic N) is 1. The van der Waals surface area contributed by atoms with Gasteiger partial charge in [0.15, 0.2) is 0 Å². The normalized spacial score (nSPS) is 14.4. The van der Waals surface area contributed by atoms with Gasteiger partial charge in [-0.15, -0.1) is 0 Å². The molecule has 0 bridgehead atoms. The topological polar surface area (TPSA) is 32.6 Å². The number of hydrogen-bond donors (Lipinski definition) is 1. The zero-order valence-corrected chi connectivity index (χ0v) is 11.8. The third kappa shape index (κ3) is 3.44. The fourth-order valence-corrected chi connectivity index (χ4v) is 1.55. The number of halogens is 9. The Morgan fingerprint density at radius 1 is 0.958 bits per heavy atom. The first kappa shape index (κ1) is 20.1. The first-order valence-corrected chi connectivity index (χ1v) is 6.14. The molecule has 0 unspecified atom stereocenters. The van der Waals surface area contributed by atoms with Crippen molar-refractivity contribution in [2.75, 3.05) is 6.54 Å². The molecule has 0 radical (unpaired) electrons. The number of hydrogen-bond acceptors (Lipinski definition) is 2. The Morgan fingerprint density at radius 2 is 1.50 bits per heavy atom. The van der Waals surface area contributed by atoms with Gasteiger partial charge in [-0.2, -0.15) is 39.5 Å². The zero-order valence-electron chi connectivity index (χ0n) is 11.8. The van der Waals surface area contributed by atoms with Crippen molar-refractivity contribution < 1.29 is 44.6 Å². The smallest absolute Gasteiger partial charge is 0.460 e. The van der Waals surface area contributed by atoms with Gasteiger partial charge >= 0.3 is 23.9 Å². The number of aromatic hydroxyl groups is 1. The molecule has 11 heteroatoms. The van der Waals surface area contributed by atoms with E-state index in [1.54, 1.807) is 0 Å². The van der Waals surface area contributed by atoms with Crippen molar-refractivity contribution in [3.63, 3.8) is 0 Å². The van der Waals surface area contributed by atoms with Crippen LogP contribution in [0.1, 0.15) is 11.1 Å². The summed E-state index contributed by atoms with van der Waals surface area (Å²) in [4.78, 5) is 2.76. The molecule has 0 aliphatic rings. The number of phenols is 1. The Kier molecular flexibility index (Phi) is 5.17. The predicted octanol–water partition coefficient (Wildman–Crippen LogP) is 4.59. The Balaban J connectivity index is 3.04. The van der Waals surface area contributed by atoms with Crippen LogP contribution in [0.4, 0.5) is 39.5 Å². The molecule has 1 N–H and O–H groups in total. The van der Waals surface area contributed by atoms with E-state index < -0.39 is 36.2 Å². The van der Waals surface area contributed by atoms with E-state index in [1.807, 2.05) is 0 Å². The Morgan fingerprint density at radius 3 is 2.00 bits per heavy atom. The van der Waals surface area contributed by atoms with Crippen molar-refractivity contribution in [2.45, 2.75) is 30.9 Å². The highest BCUT2D eigenvalue weighted by Crippen LogP contribution is 2.53. The number of phenolic OH excluding ortho intramolecular Hbond substituents is 1. The van der Waals surface area contributed by atoms with Gasteiger partial charge in [0.05, 0.1) is 0 Å². The van der Waals surface area contributed by atoms with Crippen molar-refractivity contribution >= 4 is 6.21 Å². The van der Waals surface area contributed by atoms with Crippen LogP contribution in [0.2, 0.25) is 0 Å². The maximum absolute atomic E-state index is 13.2. The molecule has 0 aliphatic carbocycles. The lowest BCUT2D eigenvalue weighted by atomic mass is 10.0. The summed E-state index contributed by atoms with van der Waals surface area (Å²) in [5.41, 5.74) is 0.0799. The SMILES string of the molecule is Cc1cccc(C=NCC(F)(F)C(F)(F)C(F)(F)C(F)(F)F)c1O. The van der Waals surface area contributed by atoms with Crippen molar-refractivity contribution in [2.24, 2.45) is 4.99 Å². The third-order valence-corrected chi connectivity index (χ3v) is 3.00. The summed E-state index contributed by atoms with van der Waals surface area (Å²) in [7, 11) is 0. The summed E-state index contributed by atoms with van der Waals surface area (Å²) in [6.07, 6.45) is -6.39. The standard InChI is InChI=1S/C13H10F9NO/c1-7-3-2-4-8(9(7)24)5-23-6-10(14,15)11(16,17)12(18,19)13(20,21)22/h2-5,24H,6H2,1H3. The highest BCUT2D eigenvalue weighted by Gasteiger charge is 2.81. The molecule has 0 spiro atoms. The predicted molar refractivity (Wildman–Crippen MR) is 66.2 cm³/mol. The lowest BCUT2D eigenvalue weighted by molar-refractivity contribution is -0.394. The van der Waals surface area contributed by atoms with E-state index >= 15 is 0 Å². The summed E-state index contributed by atoms with van der Waals surface area (Å²) in [6.45, 7) is -0.918. The van der Waals surface area contributed by atoms with Crippen LogP contribution in [0.25, 0.3) is 0 Å². The molecular formula is C13H10F9NO. The van der Waals surface area contributed by atoms with E-state index in [2.05, 4.69) is 4.99 Å². The number of aliphatic imine (C=N–C) groups is 1. The molecule has 0 saturated carbocycles. The van der Waals surface area contributed by atoms with Crippen LogP contribution in [0.5, 0.6) is 5.75 Å². The second-order valence-electron chi connectivity index (χ2n) is 4.83. The van der Waals surface area contributed by atoms with Gasteiger partial charge in [-0.25, -0.2) is 0 Å². The van der Waals surface area contributed by atoms with E-state index in [-0.39, 0.29) is 11.1 Å². The van der Waals surface area contributed by atoms with E-state index in [0.717, 1.165) is 6.07 Å². The average molecular weight is 367 g/mol. The minimum Gasteiger partial charge on any atom is -0.507 e. The second kappa shape index (κ2) is 6.17. The van der Waals surface area contributed by atoms with Crippen LogP contribution >= 0.6 is 0 Å². The molecule has 2 nitrogen and oxygen atoms in total. The van der Waals surface area contributed by atoms with Gasteiger partial charge in [0.2, 0.25) is 0 Å². The second-order valence-corrected chi connectivity index (χ2v) is 4.83. The van der Waals surface area contributed by atoms with Gasteiger partial charge in [0.25, 0.3) is 0 Å². The fraction of sp³-hybridized carbons (Fsp3) is 0.462. The molecule has 0 atom stereocenters. The van der Waals surface area contributed by atoms with Crippen LogP contribution in [-0.4, -0.2) is 41.8 Å². The number of alkyl halides is 9. The Hall–Kier alpha value is -1.94. The number of rotatable bonds is 5. The first-order chi connectivity index (χ1) is 10.6. The fourth-order valence-electron chi connectivity index (χ4n) is 1.55. The average Bonchev–Trinajstić information content (AvgIpc) is 2.41. The molecule has 0 saturated heterocycles.